The molecule has 34 heavy (non-hydrogen) atoms. The van der Waals surface area contributed by atoms with Crippen LogP contribution < -0.4 is 15.4 Å². The van der Waals surface area contributed by atoms with Crippen LogP contribution >= 0.6 is 12.4 Å². The van der Waals surface area contributed by atoms with Gasteiger partial charge in [-0.3, -0.25) is 9.59 Å². The zero-order valence-electron chi connectivity index (χ0n) is 19.1. The van der Waals surface area contributed by atoms with Gasteiger partial charge >= 0.3 is 11.9 Å². The number of ether oxygens (including phenoxy) is 1. The quantitative estimate of drug-likeness (QED) is 0.404. The monoisotopic (exact) mass is 488 g/mol. The molecule has 2 saturated heterocycles. The number of carbonyl (C=O) groups is 2. The molecule has 4 atom stereocenters. The predicted octanol–water partition coefficient (Wildman–Crippen LogP) is 3.61. The Kier molecular flexibility index (Phi) is 9.33. The third-order valence-corrected chi connectivity index (χ3v) is 6.91. The number of aliphatic carboxylic acids is 2. The Balaban J connectivity index is 0.00000324. The molecular formula is C26H33ClN2O5. The van der Waals surface area contributed by atoms with Crippen LogP contribution in [0.3, 0.4) is 0 Å². The Morgan fingerprint density at radius 2 is 1.26 bits per heavy atom. The summed E-state index contributed by atoms with van der Waals surface area (Å²) in [6.45, 7) is 3.23. The van der Waals surface area contributed by atoms with Gasteiger partial charge in [-0.05, 0) is 99.1 Å². The lowest BCUT2D eigenvalue weighted by Gasteiger charge is -2.19. The number of nitrogens with one attached hydrogen (secondary N) is 2. The molecule has 8 heteroatoms. The van der Waals surface area contributed by atoms with Crippen molar-refractivity contribution in [1.29, 1.82) is 0 Å². The van der Waals surface area contributed by atoms with E-state index in [0.29, 0.717) is 24.3 Å². The highest BCUT2D eigenvalue weighted by Gasteiger charge is 2.31. The molecule has 0 amide bonds. The Bertz CT molecular complexity index is 896. The Labute approximate surface area is 206 Å². The number of hydrogen-bond donors (Lipinski definition) is 4. The fourth-order valence-corrected chi connectivity index (χ4v) is 5.07. The van der Waals surface area contributed by atoms with E-state index in [-0.39, 0.29) is 24.2 Å². The van der Waals surface area contributed by atoms with Crippen LogP contribution in [-0.4, -0.2) is 48.3 Å². The third-order valence-electron chi connectivity index (χ3n) is 6.91. The van der Waals surface area contributed by atoms with Crippen LogP contribution in [0.15, 0.2) is 48.5 Å². The first-order valence-electron chi connectivity index (χ1n) is 11.7. The molecule has 0 spiro atoms. The molecule has 7 nitrogen and oxygen atoms in total. The van der Waals surface area contributed by atoms with Gasteiger partial charge in [-0.15, -0.1) is 12.4 Å². The topological polar surface area (TPSA) is 108 Å². The third kappa shape index (κ3) is 6.72. The highest BCUT2D eigenvalue weighted by Crippen LogP contribution is 2.29. The zero-order valence-corrected chi connectivity index (χ0v) is 19.9. The molecule has 0 saturated carbocycles. The number of halogens is 1. The van der Waals surface area contributed by atoms with Gasteiger partial charge in [0, 0.05) is 0 Å². The van der Waals surface area contributed by atoms with E-state index in [9.17, 15) is 19.8 Å². The van der Waals surface area contributed by atoms with Crippen molar-refractivity contribution in [3.05, 3.63) is 59.7 Å². The van der Waals surface area contributed by atoms with Crippen LogP contribution in [0.5, 0.6) is 11.5 Å². The van der Waals surface area contributed by atoms with E-state index in [1.807, 2.05) is 48.5 Å². The van der Waals surface area contributed by atoms with Crippen molar-refractivity contribution >= 4 is 24.3 Å². The molecule has 0 bridgehead atoms. The van der Waals surface area contributed by atoms with Gasteiger partial charge in [0.25, 0.3) is 0 Å². The second-order valence-electron chi connectivity index (χ2n) is 9.20. The first-order chi connectivity index (χ1) is 16.0. The van der Waals surface area contributed by atoms with Crippen molar-refractivity contribution in [2.45, 2.75) is 25.7 Å². The SMILES string of the molecule is Cl.O=C(O)[C@@H](Cc1cccc(Oc2cccc(C[C@H](C(=O)O)[C@H]3CCNC3)c2)c1)[C@H]1CCNC1. The van der Waals surface area contributed by atoms with Crippen molar-refractivity contribution < 1.29 is 24.5 Å². The molecule has 2 aromatic rings. The second-order valence-corrected chi connectivity index (χ2v) is 9.20. The van der Waals surface area contributed by atoms with Gasteiger partial charge in [0.1, 0.15) is 11.5 Å². The number of benzene rings is 2. The van der Waals surface area contributed by atoms with Gasteiger partial charge in [0.2, 0.25) is 0 Å². The zero-order chi connectivity index (χ0) is 23.2. The summed E-state index contributed by atoms with van der Waals surface area (Å²) in [4.78, 5) is 23.7. The average molecular weight is 489 g/mol. The number of carboxylic acid groups (broad SMARTS) is 2. The summed E-state index contributed by atoms with van der Waals surface area (Å²) >= 11 is 0. The van der Waals surface area contributed by atoms with E-state index in [1.165, 1.54) is 0 Å². The summed E-state index contributed by atoms with van der Waals surface area (Å²) in [5.41, 5.74) is 1.87. The second kappa shape index (κ2) is 12.2. The summed E-state index contributed by atoms with van der Waals surface area (Å²) in [6.07, 6.45) is 2.70. The predicted molar refractivity (Wildman–Crippen MR) is 132 cm³/mol. The van der Waals surface area contributed by atoms with Crippen LogP contribution in [0, 0.1) is 23.7 Å². The van der Waals surface area contributed by atoms with E-state index < -0.39 is 23.8 Å². The molecular weight excluding hydrogens is 456 g/mol. The largest absolute Gasteiger partial charge is 0.481 e. The lowest BCUT2D eigenvalue weighted by molar-refractivity contribution is -0.144. The maximum Gasteiger partial charge on any atom is 0.307 e. The summed E-state index contributed by atoms with van der Waals surface area (Å²) in [5.74, 6) is -0.780. The minimum Gasteiger partial charge on any atom is -0.481 e. The molecule has 0 unspecified atom stereocenters. The molecule has 4 rings (SSSR count). The first-order valence-corrected chi connectivity index (χ1v) is 11.7. The molecule has 2 aliphatic rings. The molecule has 2 fully saturated rings. The van der Waals surface area contributed by atoms with Gasteiger partial charge < -0.3 is 25.6 Å². The Morgan fingerprint density at radius 1 is 0.824 bits per heavy atom. The van der Waals surface area contributed by atoms with E-state index in [2.05, 4.69) is 10.6 Å². The van der Waals surface area contributed by atoms with Crippen LogP contribution in [0.1, 0.15) is 24.0 Å². The maximum atomic E-state index is 11.8. The van der Waals surface area contributed by atoms with Crippen LogP contribution in [0.2, 0.25) is 0 Å². The molecule has 2 aliphatic heterocycles. The fraction of sp³-hybridized carbons (Fsp3) is 0.462. The minimum absolute atomic E-state index is 0. The van der Waals surface area contributed by atoms with Gasteiger partial charge in [0.05, 0.1) is 11.8 Å². The lowest BCUT2D eigenvalue weighted by Crippen LogP contribution is -2.27. The van der Waals surface area contributed by atoms with Gasteiger partial charge in [0.15, 0.2) is 0 Å². The van der Waals surface area contributed by atoms with Crippen molar-refractivity contribution in [3.63, 3.8) is 0 Å². The molecule has 184 valence electrons. The first kappa shape index (κ1) is 26.0. The van der Waals surface area contributed by atoms with Gasteiger partial charge in [-0.1, -0.05) is 24.3 Å². The van der Waals surface area contributed by atoms with E-state index in [0.717, 1.165) is 50.1 Å². The highest BCUT2D eigenvalue weighted by atomic mass is 35.5. The smallest absolute Gasteiger partial charge is 0.307 e. The fourth-order valence-electron chi connectivity index (χ4n) is 5.07. The van der Waals surface area contributed by atoms with Gasteiger partial charge in [-0.25, -0.2) is 0 Å². The molecule has 0 aromatic heterocycles. The number of hydrogen-bond acceptors (Lipinski definition) is 5. The molecule has 4 N–H and O–H groups in total. The average Bonchev–Trinajstić information content (AvgIpc) is 3.50. The van der Waals surface area contributed by atoms with Crippen molar-refractivity contribution in [1.82, 2.24) is 10.6 Å². The van der Waals surface area contributed by atoms with E-state index in [4.69, 9.17) is 4.74 Å². The molecule has 0 aliphatic carbocycles. The van der Waals surface area contributed by atoms with Gasteiger partial charge in [-0.2, -0.15) is 0 Å². The number of rotatable bonds is 10. The van der Waals surface area contributed by atoms with Crippen molar-refractivity contribution in [2.24, 2.45) is 23.7 Å². The van der Waals surface area contributed by atoms with Crippen molar-refractivity contribution in [3.8, 4) is 11.5 Å². The lowest BCUT2D eigenvalue weighted by atomic mass is 9.86. The molecule has 2 heterocycles. The standard InChI is InChI=1S/C26H32N2O5.ClH/c29-25(30)23(19-7-9-27-15-19)13-17-3-1-5-21(11-17)33-22-6-2-4-18(12-22)14-24(26(31)32)20-8-10-28-16-20;/h1-6,11-12,19-20,23-24,27-28H,7-10,13-16H2,(H,29,30)(H,31,32);1H/t19-,20-,23-,24-;/m0./s1. The molecule has 2 aromatic carbocycles. The summed E-state index contributed by atoms with van der Waals surface area (Å²) < 4.78 is 6.08. The van der Waals surface area contributed by atoms with Crippen LogP contribution in [0.4, 0.5) is 0 Å². The summed E-state index contributed by atoms with van der Waals surface area (Å²) in [6, 6.07) is 15.1. The Hall–Kier alpha value is -2.61. The Morgan fingerprint density at radius 3 is 1.62 bits per heavy atom. The van der Waals surface area contributed by atoms with E-state index in [1.54, 1.807) is 0 Å². The van der Waals surface area contributed by atoms with Crippen LogP contribution in [0.25, 0.3) is 0 Å². The minimum atomic E-state index is -0.756. The maximum absolute atomic E-state index is 11.8. The van der Waals surface area contributed by atoms with Crippen LogP contribution in [-0.2, 0) is 22.4 Å². The molecule has 0 radical (unpaired) electrons. The number of carboxylic acids is 2. The normalized spacial score (nSPS) is 21.4. The summed E-state index contributed by atoms with van der Waals surface area (Å²) in [7, 11) is 0. The van der Waals surface area contributed by atoms with Crippen molar-refractivity contribution in [2.75, 3.05) is 26.2 Å². The highest BCUT2D eigenvalue weighted by molar-refractivity contribution is 5.85. The van der Waals surface area contributed by atoms with E-state index >= 15 is 0 Å². The summed E-state index contributed by atoms with van der Waals surface area (Å²) in [5, 5.41) is 25.9.